The average Bonchev–Trinajstić information content (AvgIpc) is 3.56. The maximum Gasteiger partial charge on any atom is 0.234 e. The van der Waals surface area contributed by atoms with Crippen molar-refractivity contribution >= 4 is 5.91 Å². The highest BCUT2D eigenvalue weighted by Gasteiger charge is 2.44. The van der Waals surface area contributed by atoms with E-state index in [9.17, 15) is 9.18 Å². The molecule has 4 rings (SSSR count). The molecule has 2 aromatic rings. The number of carbonyl (C=O) groups excluding carboxylic acids is 1. The van der Waals surface area contributed by atoms with E-state index < -0.39 is 0 Å². The van der Waals surface area contributed by atoms with Crippen LogP contribution in [0, 0.1) is 5.82 Å². The Hall–Kier alpha value is -2.20. The minimum atomic E-state index is -0.222. The molecule has 26 heavy (non-hydrogen) atoms. The quantitative estimate of drug-likeness (QED) is 0.787. The zero-order valence-electron chi connectivity index (χ0n) is 15.0. The summed E-state index contributed by atoms with van der Waals surface area (Å²) in [5.41, 5.74) is 2.51. The average molecular weight is 352 g/mol. The van der Waals surface area contributed by atoms with E-state index in [0.717, 1.165) is 31.2 Å². The van der Waals surface area contributed by atoms with Crippen LogP contribution in [0.2, 0.25) is 0 Å². The van der Waals surface area contributed by atoms with Crippen molar-refractivity contribution in [2.75, 3.05) is 13.1 Å². The second-order valence-electron chi connectivity index (χ2n) is 7.69. The summed E-state index contributed by atoms with van der Waals surface area (Å²) < 4.78 is 13.1. The van der Waals surface area contributed by atoms with E-state index in [-0.39, 0.29) is 17.1 Å². The van der Waals surface area contributed by atoms with Gasteiger partial charge in [-0.1, -0.05) is 42.5 Å². The van der Waals surface area contributed by atoms with Crippen LogP contribution in [-0.4, -0.2) is 29.9 Å². The van der Waals surface area contributed by atoms with Gasteiger partial charge in [-0.15, -0.1) is 0 Å². The first-order valence-electron chi connectivity index (χ1n) is 9.45. The molecule has 0 heterocycles. The fourth-order valence-corrected chi connectivity index (χ4v) is 3.60. The Morgan fingerprint density at radius 3 is 2.38 bits per heavy atom. The first kappa shape index (κ1) is 17.2. The maximum atomic E-state index is 13.1. The van der Waals surface area contributed by atoms with E-state index in [1.165, 1.54) is 17.7 Å². The predicted octanol–water partition coefficient (Wildman–Crippen LogP) is 3.64. The second-order valence-corrected chi connectivity index (χ2v) is 7.69. The summed E-state index contributed by atoms with van der Waals surface area (Å²) in [5.74, 6) is -0.138. The lowest BCUT2D eigenvalue weighted by atomic mass is 9.96. The lowest BCUT2D eigenvalue weighted by molar-refractivity contribution is -0.122. The summed E-state index contributed by atoms with van der Waals surface area (Å²) in [5, 5.41) is 3.15. The van der Waals surface area contributed by atoms with E-state index in [1.54, 1.807) is 12.1 Å². The molecule has 0 aliphatic heterocycles. The van der Waals surface area contributed by atoms with Crippen molar-refractivity contribution in [1.29, 1.82) is 0 Å². The fourth-order valence-electron chi connectivity index (χ4n) is 3.60. The van der Waals surface area contributed by atoms with Crippen molar-refractivity contribution in [2.45, 2.75) is 43.7 Å². The minimum Gasteiger partial charge on any atom is -0.354 e. The SMILES string of the molecule is O=C(CN(Cc1ccc(F)cc1)C1CC1)NCC1(c2ccccc2)CC1. The van der Waals surface area contributed by atoms with Gasteiger partial charge in [-0.25, -0.2) is 4.39 Å². The lowest BCUT2D eigenvalue weighted by Crippen LogP contribution is -2.41. The Kier molecular flexibility index (Phi) is 4.77. The molecule has 0 atom stereocenters. The Morgan fingerprint density at radius 1 is 1.08 bits per heavy atom. The zero-order chi connectivity index (χ0) is 18.0. The van der Waals surface area contributed by atoms with Crippen LogP contribution in [0.1, 0.15) is 36.8 Å². The number of rotatable bonds is 8. The van der Waals surface area contributed by atoms with Gasteiger partial charge in [-0.2, -0.15) is 0 Å². The summed E-state index contributed by atoms with van der Waals surface area (Å²) in [7, 11) is 0. The molecule has 0 aromatic heterocycles. The van der Waals surface area contributed by atoms with Crippen molar-refractivity contribution in [2.24, 2.45) is 0 Å². The number of carbonyl (C=O) groups is 1. The smallest absolute Gasteiger partial charge is 0.234 e. The summed E-state index contributed by atoms with van der Waals surface area (Å²) in [6.07, 6.45) is 4.56. The number of amides is 1. The molecule has 0 radical (unpaired) electrons. The number of nitrogens with zero attached hydrogens (tertiary/aromatic N) is 1. The number of benzene rings is 2. The van der Waals surface area contributed by atoms with E-state index >= 15 is 0 Å². The summed E-state index contributed by atoms with van der Waals surface area (Å²) in [4.78, 5) is 14.7. The molecule has 2 aliphatic rings. The van der Waals surface area contributed by atoms with E-state index in [0.29, 0.717) is 25.7 Å². The number of hydrogen-bond acceptors (Lipinski definition) is 2. The van der Waals surface area contributed by atoms with Crippen LogP contribution in [0.25, 0.3) is 0 Å². The van der Waals surface area contributed by atoms with Gasteiger partial charge < -0.3 is 5.32 Å². The molecule has 2 aliphatic carbocycles. The van der Waals surface area contributed by atoms with Gasteiger partial charge in [0.1, 0.15) is 5.82 Å². The van der Waals surface area contributed by atoms with Crippen LogP contribution >= 0.6 is 0 Å². The minimum absolute atomic E-state index is 0.0845. The van der Waals surface area contributed by atoms with Crippen LogP contribution in [0.15, 0.2) is 54.6 Å². The first-order chi connectivity index (χ1) is 12.6. The van der Waals surface area contributed by atoms with Crippen LogP contribution in [0.4, 0.5) is 4.39 Å². The molecule has 0 saturated heterocycles. The maximum absolute atomic E-state index is 13.1. The van der Waals surface area contributed by atoms with Crippen molar-refractivity contribution < 1.29 is 9.18 Å². The van der Waals surface area contributed by atoms with Gasteiger partial charge in [0, 0.05) is 24.5 Å². The molecule has 0 spiro atoms. The van der Waals surface area contributed by atoms with Gasteiger partial charge in [-0.3, -0.25) is 9.69 Å². The van der Waals surface area contributed by atoms with Crippen molar-refractivity contribution in [3.63, 3.8) is 0 Å². The molecule has 0 unspecified atom stereocenters. The number of hydrogen-bond donors (Lipinski definition) is 1. The third-order valence-electron chi connectivity index (χ3n) is 5.57. The monoisotopic (exact) mass is 352 g/mol. The first-order valence-corrected chi connectivity index (χ1v) is 9.45. The van der Waals surface area contributed by atoms with Crippen LogP contribution in [0.3, 0.4) is 0 Å². The van der Waals surface area contributed by atoms with Gasteiger partial charge in [0.15, 0.2) is 0 Å². The standard InChI is InChI=1S/C22H25FN2O/c23-19-8-6-17(7-9-19)14-25(20-10-11-20)15-21(26)24-16-22(12-13-22)18-4-2-1-3-5-18/h1-9,20H,10-16H2,(H,24,26). The molecule has 136 valence electrons. The van der Waals surface area contributed by atoms with Gasteiger partial charge in [0.25, 0.3) is 0 Å². The summed E-state index contributed by atoms with van der Waals surface area (Å²) >= 11 is 0. The Bertz CT molecular complexity index is 751. The molecule has 1 amide bonds. The van der Waals surface area contributed by atoms with Crippen molar-refractivity contribution in [3.8, 4) is 0 Å². The molecule has 2 saturated carbocycles. The van der Waals surface area contributed by atoms with E-state index in [4.69, 9.17) is 0 Å². The molecule has 2 fully saturated rings. The Balaban J connectivity index is 1.32. The molecular weight excluding hydrogens is 327 g/mol. The fraction of sp³-hybridized carbons (Fsp3) is 0.409. The van der Waals surface area contributed by atoms with Gasteiger partial charge >= 0.3 is 0 Å². The van der Waals surface area contributed by atoms with Crippen LogP contribution in [-0.2, 0) is 16.8 Å². The topological polar surface area (TPSA) is 32.3 Å². The summed E-state index contributed by atoms with van der Waals surface area (Å²) in [6, 6.07) is 17.5. The predicted molar refractivity (Wildman–Crippen MR) is 100 cm³/mol. The molecular formula is C22H25FN2O. The summed E-state index contributed by atoms with van der Waals surface area (Å²) in [6.45, 7) is 1.82. The van der Waals surface area contributed by atoms with Gasteiger partial charge in [-0.05, 0) is 48.9 Å². The molecule has 2 aromatic carbocycles. The zero-order valence-corrected chi connectivity index (χ0v) is 15.0. The third kappa shape index (κ3) is 4.13. The lowest BCUT2D eigenvalue weighted by Gasteiger charge is -2.23. The normalized spacial score (nSPS) is 17.9. The highest BCUT2D eigenvalue weighted by atomic mass is 19.1. The third-order valence-corrected chi connectivity index (χ3v) is 5.57. The Labute approximate surface area is 154 Å². The van der Waals surface area contributed by atoms with Crippen LogP contribution in [0.5, 0.6) is 0 Å². The van der Waals surface area contributed by atoms with Crippen LogP contribution < -0.4 is 5.32 Å². The molecule has 1 N–H and O–H groups in total. The molecule has 3 nitrogen and oxygen atoms in total. The number of halogens is 1. The van der Waals surface area contributed by atoms with Gasteiger partial charge in [0.05, 0.1) is 6.54 Å². The number of nitrogens with one attached hydrogen (secondary N) is 1. The highest BCUT2D eigenvalue weighted by Crippen LogP contribution is 2.47. The largest absolute Gasteiger partial charge is 0.354 e. The van der Waals surface area contributed by atoms with Gasteiger partial charge in [0.2, 0.25) is 5.91 Å². The Morgan fingerprint density at radius 2 is 1.77 bits per heavy atom. The van der Waals surface area contributed by atoms with Crippen molar-refractivity contribution in [1.82, 2.24) is 10.2 Å². The van der Waals surface area contributed by atoms with E-state index in [2.05, 4.69) is 34.5 Å². The highest BCUT2D eigenvalue weighted by molar-refractivity contribution is 5.78. The molecule has 4 heteroatoms. The van der Waals surface area contributed by atoms with E-state index in [1.807, 2.05) is 6.07 Å². The second kappa shape index (κ2) is 7.20. The molecule has 0 bridgehead atoms. The van der Waals surface area contributed by atoms with Crippen molar-refractivity contribution in [3.05, 3.63) is 71.5 Å².